The van der Waals surface area contributed by atoms with E-state index < -0.39 is 0 Å². The van der Waals surface area contributed by atoms with Gasteiger partial charge in [-0.3, -0.25) is 4.79 Å². The topological polar surface area (TPSA) is 73.0 Å². The van der Waals surface area contributed by atoms with E-state index in [2.05, 4.69) is 15.5 Å². The van der Waals surface area contributed by atoms with Crippen LogP contribution in [0, 0.1) is 0 Å². The summed E-state index contributed by atoms with van der Waals surface area (Å²) in [5.74, 6) is 0.797. The van der Waals surface area contributed by atoms with Crippen molar-refractivity contribution in [1.29, 1.82) is 0 Å². The van der Waals surface area contributed by atoms with Gasteiger partial charge in [0.1, 0.15) is 5.69 Å². The zero-order chi connectivity index (χ0) is 20.1. The standard InChI is InChI=1S/C22H19ClN4O2/c23-18-9-4-8-17(14-18)21-25-20(29-26-21)11-12-24-22(28)19-10-5-13-27(19)15-16-6-2-1-3-7-16/h1-10,13-14H,11-12,15H2,(H,24,28). The zero-order valence-corrected chi connectivity index (χ0v) is 16.3. The predicted octanol–water partition coefficient (Wildman–Crippen LogP) is 4.21. The van der Waals surface area contributed by atoms with Crippen molar-refractivity contribution in [1.82, 2.24) is 20.0 Å². The summed E-state index contributed by atoms with van der Waals surface area (Å²) in [6, 6.07) is 21.0. The molecule has 0 bridgehead atoms. The largest absolute Gasteiger partial charge is 0.350 e. The first-order valence-electron chi connectivity index (χ1n) is 9.25. The maximum atomic E-state index is 12.6. The van der Waals surface area contributed by atoms with Crippen molar-refractivity contribution in [3.8, 4) is 11.4 Å². The molecule has 0 saturated carbocycles. The van der Waals surface area contributed by atoms with E-state index in [1.807, 2.05) is 65.4 Å². The molecular formula is C22H19ClN4O2. The van der Waals surface area contributed by atoms with Crippen molar-refractivity contribution in [2.24, 2.45) is 0 Å². The minimum absolute atomic E-state index is 0.138. The number of carbonyl (C=O) groups is 1. The van der Waals surface area contributed by atoms with Gasteiger partial charge >= 0.3 is 0 Å². The molecule has 0 atom stereocenters. The van der Waals surface area contributed by atoms with E-state index in [1.165, 1.54) is 0 Å². The zero-order valence-electron chi connectivity index (χ0n) is 15.6. The van der Waals surface area contributed by atoms with Gasteiger partial charge in [0, 0.05) is 36.3 Å². The molecule has 7 heteroatoms. The fourth-order valence-corrected chi connectivity index (χ4v) is 3.20. The molecule has 0 unspecified atom stereocenters. The summed E-state index contributed by atoms with van der Waals surface area (Å²) in [4.78, 5) is 16.9. The molecule has 0 radical (unpaired) electrons. The Morgan fingerprint density at radius 1 is 1.07 bits per heavy atom. The van der Waals surface area contributed by atoms with Crippen LogP contribution in [0.2, 0.25) is 5.02 Å². The first kappa shape index (κ1) is 19.0. The summed E-state index contributed by atoms with van der Waals surface area (Å²) < 4.78 is 7.20. The van der Waals surface area contributed by atoms with Crippen LogP contribution in [0.5, 0.6) is 0 Å². The lowest BCUT2D eigenvalue weighted by Gasteiger charge is -2.09. The molecule has 1 N–H and O–H groups in total. The van der Waals surface area contributed by atoms with Crippen molar-refractivity contribution in [2.75, 3.05) is 6.54 Å². The summed E-state index contributed by atoms with van der Waals surface area (Å²) in [5.41, 5.74) is 2.53. The lowest BCUT2D eigenvalue weighted by atomic mass is 10.2. The summed E-state index contributed by atoms with van der Waals surface area (Å²) in [7, 11) is 0. The molecular weight excluding hydrogens is 388 g/mol. The van der Waals surface area contributed by atoms with Crippen LogP contribution in [0.25, 0.3) is 11.4 Å². The quantitative estimate of drug-likeness (QED) is 0.499. The maximum Gasteiger partial charge on any atom is 0.267 e. The highest BCUT2D eigenvalue weighted by molar-refractivity contribution is 6.30. The summed E-state index contributed by atoms with van der Waals surface area (Å²) in [6.07, 6.45) is 2.34. The average Bonchev–Trinajstić information content (AvgIpc) is 3.38. The normalized spacial score (nSPS) is 10.8. The molecule has 4 aromatic rings. The number of hydrogen-bond acceptors (Lipinski definition) is 4. The number of aromatic nitrogens is 3. The highest BCUT2D eigenvalue weighted by Gasteiger charge is 2.13. The Morgan fingerprint density at radius 2 is 1.93 bits per heavy atom. The molecule has 0 fully saturated rings. The molecule has 146 valence electrons. The Labute approximate surface area is 173 Å². The fraction of sp³-hybridized carbons (Fsp3) is 0.136. The highest BCUT2D eigenvalue weighted by Crippen LogP contribution is 2.20. The second-order valence-corrected chi connectivity index (χ2v) is 6.97. The minimum atomic E-state index is -0.138. The Kier molecular flexibility index (Phi) is 5.72. The van der Waals surface area contributed by atoms with E-state index in [1.54, 1.807) is 12.1 Å². The van der Waals surface area contributed by atoms with Gasteiger partial charge in [-0.2, -0.15) is 4.98 Å². The van der Waals surface area contributed by atoms with Crippen molar-refractivity contribution >= 4 is 17.5 Å². The average molecular weight is 407 g/mol. The Bertz CT molecular complexity index is 1100. The highest BCUT2D eigenvalue weighted by atomic mass is 35.5. The van der Waals surface area contributed by atoms with Crippen LogP contribution in [0.1, 0.15) is 21.9 Å². The van der Waals surface area contributed by atoms with Gasteiger partial charge in [-0.15, -0.1) is 0 Å². The monoisotopic (exact) mass is 406 g/mol. The molecule has 0 aliphatic carbocycles. The van der Waals surface area contributed by atoms with Crippen LogP contribution >= 0.6 is 11.6 Å². The number of halogens is 1. The number of amides is 1. The Balaban J connectivity index is 1.34. The number of rotatable bonds is 7. The van der Waals surface area contributed by atoms with Crippen molar-refractivity contribution < 1.29 is 9.32 Å². The fourth-order valence-electron chi connectivity index (χ4n) is 3.01. The first-order valence-corrected chi connectivity index (χ1v) is 9.62. The third-order valence-electron chi connectivity index (χ3n) is 4.43. The van der Waals surface area contributed by atoms with Crippen molar-refractivity contribution in [2.45, 2.75) is 13.0 Å². The van der Waals surface area contributed by atoms with Gasteiger partial charge in [-0.25, -0.2) is 0 Å². The number of hydrogen-bond donors (Lipinski definition) is 1. The summed E-state index contributed by atoms with van der Waals surface area (Å²) in [5, 5.41) is 7.49. The maximum absolute atomic E-state index is 12.6. The molecule has 2 aromatic heterocycles. The molecule has 1 amide bonds. The number of benzene rings is 2. The van der Waals surface area contributed by atoms with E-state index in [9.17, 15) is 4.79 Å². The number of nitrogens with one attached hydrogen (secondary N) is 1. The number of nitrogens with zero attached hydrogens (tertiary/aromatic N) is 3. The van der Waals surface area contributed by atoms with Crippen molar-refractivity contribution in [3.05, 3.63) is 95.1 Å². The third kappa shape index (κ3) is 4.73. The van der Waals surface area contributed by atoms with Crippen LogP contribution < -0.4 is 5.32 Å². The van der Waals surface area contributed by atoms with Crippen LogP contribution in [0.3, 0.4) is 0 Å². The molecule has 0 saturated heterocycles. The van der Waals surface area contributed by atoms with E-state index in [0.717, 1.165) is 11.1 Å². The first-order chi connectivity index (χ1) is 14.2. The molecule has 2 heterocycles. The van der Waals surface area contributed by atoms with Gasteiger partial charge in [0.15, 0.2) is 0 Å². The van der Waals surface area contributed by atoms with Crippen LogP contribution in [-0.4, -0.2) is 27.2 Å². The van der Waals surface area contributed by atoms with Gasteiger partial charge < -0.3 is 14.4 Å². The van der Waals surface area contributed by atoms with E-state index >= 15 is 0 Å². The van der Waals surface area contributed by atoms with Crippen LogP contribution in [-0.2, 0) is 13.0 Å². The van der Waals surface area contributed by atoms with Crippen molar-refractivity contribution in [3.63, 3.8) is 0 Å². The number of carbonyl (C=O) groups excluding carboxylic acids is 1. The third-order valence-corrected chi connectivity index (χ3v) is 4.67. The second-order valence-electron chi connectivity index (χ2n) is 6.53. The predicted molar refractivity (Wildman–Crippen MR) is 111 cm³/mol. The molecule has 29 heavy (non-hydrogen) atoms. The molecule has 0 spiro atoms. The lowest BCUT2D eigenvalue weighted by molar-refractivity contribution is 0.0944. The Morgan fingerprint density at radius 3 is 2.76 bits per heavy atom. The molecule has 0 aliphatic heterocycles. The molecule has 4 rings (SSSR count). The van der Waals surface area contributed by atoms with Gasteiger partial charge in [0.05, 0.1) is 0 Å². The van der Waals surface area contributed by atoms with E-state index in [0.29, 0.717) is 41.9 Å². The Hall–Kier alpha value is -3.38. The van der Waals surface area contributed by atoms with Crippen LogP contribution in [0.15, 0.2) is 77.4 Å². The molecule has 0 aliphatic rings. The van der Waals surface area contributed by atoms with Gasteiger partial charge in [-0.1, -0.05) is 59.2 Å². The molecule has 2 aromatic carbocycles. The van der Waals surface area contributed by atoms with Gasteiger partial charge in [-0.05, 0) is 29.8 Å². The van der Waals surface area contributed by atoms with E-state index in [-0.39, 0.29) is 5.91 Å². The van der Waals surface area contributed by atoms with E-state index in [4.69, 9.17) is 16.1 Å². The lowest BCUT2D eigenvalue weighted by Crippen LogP contribution is -2.28. The molecule has 6 nitrogen and oxygen atoms in total. The summed E-state index contributed by atoms with van der Waals surface area (Å²) >= 11 is 6.00. The van der Waals surface area contributed by atoms with Gasteiger partial charge in [0.2, 0.25) is 11.7 Å². The SMILES string of the molecule is O=C(NCCc1nc(-c2cccc(Cl)c2)no1)c1cccn1Cc1ccccc1. The second kappa shape index (κ2) is 8.75. The smallest absolute Gasteiger partial charge is 0.267 e. The van der Waals surface area contributed by atoms with Crippen LogP contribution in [0.4, 0.5) is 0 Å². The summed E-state index contributed by atoms with van der Waals surface area (Å²) in [6.45, 7) is 1.04. The minimum Gasteiger partial charge on any atom is -0.350 e. The van der Waals surface area contributed by atoms with Gasteiger partial charge in [0.25, 0.3) is 5.91 Å².